The number of piperazine rings is 1. The number of hydrogen-bond donors (Lipinski definition) is 1. The van der Waals surface area contributed by atoms with Crippen molar-refractivity contribution in [1.82, 2.24) is 19.6 Å². The molecular weight excluding hydrogens is 450 g/mol. The van der Waals surface area contributed by atoms with Crippen LogP contribution in [-0.4, -0.2) is 64.1 Å². The number of amides is 2. The zero-order chi connectivity index (χ0) is 24.7. The summed E-state index contributed by atoms with van der Waals surface area (Å²) in [6.45, 7) is 3.32. The predicted octanol–water partition coefficient (Wildman–Crippen LogP) is 3.99. The first-order chi connectivity index (χ1) is 17.7. The van der Waals surface area contributed by atoms with Gasteiger partial charge in [-0.15, -0.1) is 0 Å². The van der Waals surface area contributed by atoms with Gasteiger partial charge < -0.3 is 10.2 Å². The summed E-state index contributed by atoms with van der Waals surface area (Å²) >= 11 is 0. The van der Waals surface area contributed by atoms with Crippen LogP contribution < -0.4 is 5.32 Å². The first-order valence-electron chi connectivity index (χ1n) is 12.2. The number of nitrogens with one attached hydrogen (secondary N) is 1. The van der Waals surface area contributed by atoms with E-state index in [4.69, 9.17) is 5.10 Å². The van der Waals surface area contributed by atoms with E-state index in [9.17, 15) is 9.59 Å². The van der Waals surface area contributed by atoms with Gasteiger partial charge in [0.1, 0.15) is 5.69 Å². The van der Waals surface area contributed by atoms with Crippen molar-refractivity contribution < 1.29 is 9.59 Å². The molecule has 1 saturated heterocycles. The van der Waals surface area contributed by atoms with E-state index >= 15 is 0 Å². The lowest BCUT2D eigenvalue weighted by Gasteiger charge is -2.34. The Morgan fingerprint density at radius 1 is 0.778 bits per heavy atom. The lowest BCUT2D eigenvalue weighted by molar-refractivity contribution is -0.117. The third-order valence-corrected chi connectivity index (χ3v) is 6.31. The second-order valence-electron chi connectivity index (χ2n) is 8.92. The lowest BCUT2D eigenvalue weighted by Crippen LogP contribution is -2.50. The number of nitrogens with zero attached hydrogens (tertiary/aromatic N) is 4. The smallest absolute Gasteiger partial charge is 0.257 e. The van der Waals surface area contributed by atoms with Crippen molar-refractivity contribution in [2.45, 2.75) is 6.54 Å². The number of rotatable bonds is 7. The van der Waals surface area contributed by atoms with Crippen LogP contribution in [0.4, 0.5) is 5.69 Å². The van der Waals surface area contributed by atoms with Gasteiger partial charge >= 0.3 is 0 Å². The highest BCUT2D eigenvalue weighted by atomic mass is 16.2. The fourth-order valence-electron chi connectivity index (χ4n) is 4.44. The van der Waals surface area contributed by atoms with Crippen molar-refractivity contribution in [3.8, 4) is 11.3 Å². The van der Waals surface area contributed by atoms with Crippen LogP contribution in [0.15, 0.2) is 97.2 Å². The SMILES string of the molecule is O=C(CN1CCN(C(=O)c2cn(Cc3ccccc3)nc2-c2ccccc2)CC1)Nc1ccccc1. The molecule has 1 N–H and O–H groups in total. The molecule has 4 aromatic rings. The minimum absolute atomic E-state index is 0.0263. The normalized spacial score (nSPS) is 13.9. The average molecular weight is 480 g/mol. The molecule has 0 spiro atoms. The zero-order valence-electron chi connectivity index (χ0n) is 20.1. The molecule has 3 aromatic carbocycles. The Bertz CT molecular complexity index is 1300. The highest BCUT2D eigenvalue weighted by Gasteiger charge is 2.27. The van der Waals surface area contributed by atoms with Crippen LogP contribution in [0.1, 0.15) is 15.9 Å². The largest absolute Gasteiger partial charge is 0.336 e. The van der Waals surface area contributed by atoms with Crippen LogP contribution >= 0.6 is 0 Å². The van der Waals surface area contributed by atoms with Crippen molar-refractivity contribution in [3.63, 3.8) is 0 Å². The summed E-state index contributed by atoms with van der Waals surface area (Å²) in [6.07, 6.45) is 1.86. The third-order valence-electron chi connectivity index (χ3n) is 6.31. The number of para-hydroxylation sites is 1. The second kappa shape index (κ2) is 11.0. The van der Waals surface area contributed by atoms with Crippen LogP contribution in [0.5, 0.6) is 0 Å². The van der Waals surface area contributed by atoms with Crippen molar-refractivity contribution in [2.75, 3.05) is 38.0 Å². The van der Waals surface area contributed by atoms with E-state index in [0.717, 1.165) is 16.8 Å². The van der Waals surface area contributed by atoms with E-state index in [-0.39, 0.29) is 11.8 Å². The van der Waals surface area contributed by atoms with Crippen LogP contribution in [-0.2, 0) is 11.3 Å². The van der Waals surface area contributed by atoms with Crippen LogP contribution in [0, 0.1) is 0 Å². The van der Waals surface area contributed by atoms with Gasteiger partial charge in [-0.05, 0) is 17.7 Å². The first kappa shape index (κ1) is 23.5. The Balaban J connectivity index is 1.26. The van der Waals surface area contributed by atoms with Crippen LogP contribution in [0.25, 0.3) is 11.3 Å². The van der Waals surface area contributed by atoms with E-state index < -0.39 is 0 Å². The van der Waals surface area contributed by atoms with Gasteiger partial charge in [0.25, 0.3) is 5.91 Å². The Morgan fingerprint density at radius 3 is 2.06 bits per heavy atom. The van der Waals surface area contributed by atoms with Gasteiger partial charge in [0.05, 0.1) is 18.7 Å². The number of anilines is 1. The third kappa shape index (κ3) is 5.70. The number of benzene rings is 3. The van der Waals surface area contributed by atoms with Crippen molar-refractivity contribution in [1.29, 1.82) is 0 Å². The molecule has 0 saturated carbocycles. The summed E-state index contributed by atoms with van der Waals surface area (Å²) in [5.74, 6) is -0.0731. The van der Waals surface area contributed by atoms with Gasteiger partial charge in [-0.2, -0.15) is 5.10 Å². The number of carbonyl (C=O) groups excluding carboxylic acids is 2. The highest BCUT2D eigenvalue weighted by molar-refractivity contribution is 6.00. The van der Waals surface area contributed by atoms with E-state index in [0.29, 0.717) is 50.5 Å². The summed E-state index contributed by atoms with van der Waals surface area (Å²) in [7, 11) is 0. The van der Waals surface area contributed by atoms with Gasteiger partial charge in [0, 0.05) is 43.6 Å². The molecule has 0 unspecified atom stereocenters. The average Bonchev–Trinajstić information content (AvgIpc) is 3.34. The summed E-state index contributed by atoms with van der Waals surface area (Å²) < 4.78 is 1.84. The van der Waals surface area contributed by atoms with E-state index in [1.54, 1.807) is 0 Å². The number of aromatic nitrogens is 2. The van der Waals surface area contributed by atoms with Crippen molar-refractivity contribution in [3.05, 3.63) is 108 Å². The highest BCUT2D eigenvalue weighted by Crippen LogP contribution is 2.24. The number of hydrogen-bond acceptors (Lipinski definition) is 4. The predicted molar refractivity (Wildman–Crippen MR) is 141 cm³/mol. The fourth-order valence-corrected chi connectivity index (χ4v) is 4.44. The van der Waals surface area contributed by atoms with Crippen LogP contribution in [0.2, 0.25) is 0 Å². The van der Waals surface area contributed by atoms with E-state index in [1.807, 2.05) is 94.6 Å². The topological polar surface area (TPSA) is 70.5 Å². The maximum atomic E-state index is 13.6. The number of carbonyl (C=O) groups is 2. The van der Waals surface area contributed by atoms with Gasteiger partial charge in [0.2, 0.25) is 5.91 Å². The Kier molecular flexibility index (Phi) is 7.19. The molecule has 1 aromatic heterocycles. The fraction of sp³-hybridized carbons (Fsp3) is 0.207. The molecule has 5 rings (SSSR count). The quantitative estimate of drug-likeness (QED) is 0.435. The molecule has 0 atom stereocenters. The molecule has 7 heteroatoms. The van der Waals surface area contributed by atoms with Crippen molar-refractivity contribution >= 4 is 17.5 Å². The lowest BCUT2D eigenvalue weighted by atomic mass is 10.1. The standard InChI is InChI=1S/C29H29N5O2/c35-27(30-25-14-8-3-9-15-25)22-32-16-18-33(19-17-32)29(36)26-21-34(20-23-10-4-1-5-11-23)31-28(26)24-12-6-2-7-13-24/h1-15,21H,16-20,22H2,(H,30,35). The molecule has 7 nitrogen and oxygen atoms in total. The molecule has 0 aliphatic carbocycles. The van der Waals surface area contributed by atoms with E-state index in [1.165, 1.54) is 0 Å². The van der Waals surface area contributed by atoms with E-state index in [2.05, 4.69) is 22.3 Å². The second-order valence-corrected chi connectivity index (χ2v) is 8.92. The molecule has 1 aliphatic heterocycles. The van der Waals surface area contributed by atoms with Gasteiger partial charge in [0.15, 0.2) is 0 Å². The maximum Gasteiger partial charge on any atom is 0.257 e. The summed E-state index contributed by atoms with van der Waals surface area (Å²) in [4.78, 5) is 30.0. The summed E-state index contributed by atoms with van der Waals surface area (Å²) in [6, 6.07) is 29.4. The minimum Gasteiger partial charge on any atom is -0.336 e. The maximum absolute atomic E-state index is 13.6. The molecule has 1 aliphatic rings. The molecule has 1 fully saturated rings. The molecule has 0 radical (unpaired) electrons. The molecule has 36 heavy (non-hydrogen) atoms. The zero-order valence-corrected chi connectivity index (χ0v) is 20.1. The summed E-state index contributed by atoms with van der Waals surface area (Å²) in [5.41, 5.74) is 4.13. The van der Waals surface area contributed by atoms with Gasteiger partial charge in [-0.25, -0.2) is 0 Å². The monoisotopic (exact) mass is 479 g/mol. The van der Waals surface area contributed by atoms with Gasteiger partial charge in [-0.3, -0.25) is 19.2 Å². The molecule has 2 amide bonds. The van der Waals surface area contributed by atoms with Gasteiger partial charge in [-0.1, -0.05) is 78.9 Å². The Morgan fingerprint density at radius 2 is 1.39 bits per heavy atom. The molecular formula is C29H29N5O2. The summed E-state index contributed by atoms with van der Waals surface area (Å²) in [5, 5.41) is 7.72. The molecule has 2 heterocycles. The van der Waals surface area contributed by atoms with Crippen molar-refractivity contribution in [2.24, 2.45) is 0 Å². The molecule has 182 valence electrons. The molecule has 0 bridgehead atoms. The Labute approximate surface area is 211 Å². The first-order valence-corrected chi connectivity index (χ1v) is 12.2. The minimum atomic E-state index is -0.0467. The van der Waals surface area contributed by atoms with Crippen LogP contribution in [0.3, 0.4) is 0 Å². The Hall–Kier alpha value is -4.23.